The summed E-state index contributed by atoms with van der Waals surface area (Å²) >= 11 is 0. The molecule has 2 aromatic rings. The Bertz CT molecular complexity index is 611. The Labute approximate surface area is 135 Å². The first-order chi connectivity index (χ1) is 11.2. The van der Waals surface area contributed by atoms with E-state index < -0.39 is 6.16 Å². The Kier molecular flexibility index (Phi) is 6.35. The maximum absolute atomic E-state index is 10.4. The first-order valence-electron chi connectivity index (χ1n) is 7.65. The Morgan fingerprint density at radius 3 is 2.48 bits per heavy atom. The molecule has 2 rings (SSSR count). The monoisotopic (exact) mass is 316 g/mol. The van der Waals surface area contributed by atoms with Crippen LogP contribution in [0.3, 0.4) is 0 Å². The molecule has 0 aliphatic rings. The van der Waals surface area contributed by atoms with Crippen molar-refractivity contribution in [2.24, 2.45) is 0 Å². The van der Waals surface area contributed by atoms with Gasteiger partial charge in [-0.15, -0.1) is 0 Å². The molecule has 23 heavy (non-hydrogen) atoms. The largest absolute Gasteiger partial charge is 0.512 e. The SMILES string of the molecule is CCCCCCOc1ccc(-c2cnc(OC(=O)O)cn2)cc1. The number of aromatic nitrogens is 2. The standard InChI is InChI=1S/C17H20N2O4/c1-2-3-4-5-10-22-14-8-6-13(7-9-14)15-11-19-16(12-18-15)23-17(20)21/h6-9,11-12H,2-5,10H2,1H3,(H,20,21). The van der Waals surface area contributed by atoms with Crippen molar-refractivity contribution < 1.29 is 19.4 Å². The molecule has 0 saturated heterocycles. The molecule has 0 amide bonds. The molecule has 0 spiro atoms. The lowest BCUT2D eigenvalue weighted by Crippen LogP contribution is -2.04. The predicted molar refractivity (Wildman–Crippen MR) is 85.8 cm³/mol. The van der Waals surface area contributed by atoms with E-state index >= 15 is 0 Å². The molecule has 0 aliphatic heterocycles. The zero-order valence-electron chi connectivity index (χ0n) is 13.1. The summed E-state index contributed by atoms with van der Waals surface area (Å²) in [6.45, 7) is 2.91. The van der Waals surface area contributed by atoms with E-state index in [0.29, 0.717) is 5.69 Å². The highest BCUT2D eigenvalue weighted by Gasteiger charge is 2.05. The second-order valence-corrected chi connectivity index (χ2v) is 5.04. The summed E-state index contributed by atoms with van der Waals surface area (Å²) in [6.07, 6.45) is 6.04. The van der Waals surface area contributed by atoms with Crippen molar-refractivity contribution in [2.45, 2.75) is 32.6 Å². The highest BCUT2D eigenvalue weighted by Crippen LogP contribution is 2.21. The fraction of sp³-hybridized carbons (Fsp3) is 0.353. The van der Waals surface area contributed by atoms with Gasteiger partial charge in [-0.3, -0.25) is 0 Å². The molecule has 0 radical (unpaired) electrons. The minimum atomic E-state index is -1.41. The quantitative estimate of drug-likeness (QED) is 0.581. The molecule has 0 unspecified atom stereocenters. The van der Waals surface area contributed by atoms with Crippen LogP contribution in [0.25, 0.3) is 11.3 Å². The van der Waals surface area contributed by atoms with Gasteiger partial charge in [0.05, 0.1) is 24.7 Å². The number of unbranched alkanes of at least 4 members (excludes halogenated alkanes) is 3. The number of nitrogens with zero attached hydrogens (tertiary/aromatic N) is 2. The average Bonchev–Trinajstić information content (AvgIpc) is 2.55. The van der Waals surface area contributed by atoms with E-state index in [1.54, 1.807) is 0 Å². The summed E-state index contributed by atoms with van der Waals surface area (Å²) in [5.74, 6) is 0.775. The lowest BCUT2D eigenvalue weighted by Gasteiger charge is -2.07. The van der Waals surface area contributed by atoms with Gasteiger partial charge in [-0.1, -0.05) is 26.2 Å². The van der Waals surface area contributed by atoms with E-state index in [-0.39, 0.29) is 5.88 Å². The van der Waals surface area contributed by atoms with E-state index in [1.807, 2.05) is 24.3 Å². The van der Waals surface area contributed by atoms with E-state index in [2.05, 4.69) is 21.6 Å². The van der Waals surface area contributed by atoms with Crippen molar-refractivity contribution in [2.75, 3.05) is 6.61 Å². The number of rotatable bonds is 8. The number of hydrogen-bond donors (Lipinski definition) is 1. The molecule has 0 aliphatic carbocycles. The van der Waals surface area contributed by atoms with E-state index in [1.165, 1.54) is 31.7 Å². The van der Waals surface area contributed by atoms with Crippen molar-refractivity contribution >= 4 is 6.16 Å². The van der Waals surface area contributed by atoms with Crippen LogP contribution in [0.1, 0.15) is 32.6 Å². The van der Waals surface area contributed by atoms with Gasteiger partial charge in [-0.2, -0.15) is 0 Å². The van der Waals surface area contributed by atoms with Gasteiger partial charge in [0, 0.05) is 5.56 Å². The zero-order valence-corrected chi connectivity index (χ0v) is 13.1. The Morgan fingerprint density at radius 1 is 1.09 bits per heavy atom. The molecule has 1 aromatic carbocycles. The summed E-state index contributed by atoms with van der Waals surface area (Å²) in [6, 6.07) is 7.56. The summed E-state index contributed by atoms with van der Waals surface area (Å²) in [5.41, 5.74) is 1.51. The normalized spacial score (nSPS) is 10.3. The van der Waals surface area contributed by atoms with Crippen LogP contribution in [0.4, 0.5) is 4.79 Å². The second kappa shape index (κ2) is 8.73. The average molecular weight is 316 g/mol. The van der Waals surface area contributed by atoms with Gasteiger partial charge in [-0.25, -0.2) is 14.8 Å². The molecule has 0 saturated carbocycles. The molecule has 1 aromatic heterocycles. The minimum Gasteiger partial charge on any atom is -0.494 e. The molecule has 0 bridgehead atoms. The Balaban J connectivity index is 1.90. The molecular weight excluding hydrogens is 296 g/mol. The van der Waals surface area contributed by atoms with Crippen LogP contribution < -0.4 is 9.47 Å². The third kappa shape index (κ3) is 5.58. The van der Waals surface area contributed by atoms with E-state index in [9.17, 15) is 4.79 Å². The smallest absolute Gasteiger partial charge is 0.494 e. The molecule has 0 atom stereocenters. The van der Waals surface area contributed by atoms with Gasteiger partial charge in [0.25, 0.3) is 0 Å². The van der Waals surface area contributed by atoms with Crippen molar-refractivity contribution in [3.8, 4) is 22.9 Å². The highest BCUT2D eigenvalue weighted by atomic mass is 16.7. The lowest BCUT2D eigenvalue weighted by atomic mass is 10.1. The van der Waals surface area contributed by atoms with Gasteiger partial charge in [0.1, 0.15) is 5.75 Å². The van der Waals surface area contributed by atoms with Crippen LogP contribution in [0, 0.1) is 0 Å². The molecule has 0 fully saturated rings. The molecule has 6 heteroatoms. The summed E-state index contributed by atoms with van der Waals surface area (Å²) in [4.78, 5) is 18.4. The third-order valence-electron chi connectivity index (χ3n) is 3.24. The number of carboxylic acid groups (broad SMARTS) is 1. The van der Waals surface area contributed by atoms with Gasteiger partial charge >= 0.3 is 6.16 Å². The van der Waals surface area contributed by atoms with Crippen LogP contribution in [-0.2, 0) is 0 Å². The zero-order chi connectivity index (χ0) is 16.5. The fourth-order valence-electron chi connectivity index (χ4n) is 2.05. The number of ether oxygens (including phenoxy) is 2. The van der Waals surface area contributed by atoms with Gasteiger partial charge in [0.2, 0.25) is 5.88 Å². The fourth-order valence-corrected chi connectivity index (χ4v) is 2.05. The lowest BCUT2D eigenvalue weighted by molar-refractivity contribution is 0.142. The van der Waals surface area contributed by atoms with Crippen LogP contribution in [0.5, 0.6) is 11.6 Å². The third-order valence-corrected chi connectivity index (χ3v) is 3.24. The number of benzene rings is 1. The van der Waals surface area contributed by atoms with Gasteiger partial charge in [0.15, 0.2) is 0 Å². The summed E-state index contributed by atoms with van der Waals surface area (Å²) in [7, 11) is 0. The van der Waals surface area contributed by atoms with Crippen molar-refractivity contribution in [3.63, 3.8) is 0 Å². The summed E-state index contributed by atoms with van der Waals surface area (Å²) in [5, 5.41) is 8.50. The van der Waals surface area contributed by atoms with Crippen molar-refractivity contribution in [1.82, 2.24) is 9.97 Å². The predicted octanol–water partition coefficient (Wildman–Crippen LogP) is 4.16. The maximum Gasteiger partial charge on any atom is 0.512 e. The molecule has 1 N–H and O–H groups in total. The second-order valence-electron chi connectivity index (χ2n) is 5.04. The number of hydrogen-bond acceptors (Lipinski definition) is 5. The first kappa shape index (κ1) is 16.7. The van der Waals surface area contributed by atoms with Crippen LogP contribution >= 0.6 is 0 Å². The van der Waals surface area contributed by atoms with Gasteiger partial charge < -0.3 is 14.6 Å². The minimum absolute atomic E-state index is 0.0479. The van der Waals surface area contributed by atoms with Crippen molar-refractivity contribution in [1.29, 1.82) is 0 Å². The summed E-state index contributed by atoms with van der Waals surface area (Å²) < 4.78 is 10.1. The molecule has 1 heterocycles. The van der Waals surface area contributed by atoms with Crippen LogP contribution in [0.2, 0.25) is 0 Å². The van der Waals surface area contributed by atoms with Crippen LogP contribution in [0.15, 0.2) is 36.7 Å². The van der Waals surface area contributed by atoms with E-state index in [4.69, 9.17) is 9.84 Å². The topological polar surface area (TPSA) is 81.5 Å². The van der Waals surface area contributed by atoms with E-state index in [0.717, 1.165) is 24.3 Å². The van der Waals surface area contributed by atoms with Crippen molar-refractivity contribution in [3.05, 3.63) is 36.7 Å². The van der Waals surface area contributed by atoms with Gasteiger partial charge in [-0.05, 0) is 30.7 Å². The first-order valence-corrected chi connectivity index (χ1v) is 7.65. The van der Waals surface area contributed by atoms with Crippen LogP contribution in [-0.4, -0.2) is 27.8 Å². The molecular formula is C17H20N2O4. The maximum atomic E-state index is 10.4. The molecule has 6 nitrogen and oxygen atoms in total. The Morgan fingerprint density at radius 2 is 1.87 bits per heavy atom. The Hall–Kier alpha value is -2.63. The highest BCUT2D eigenvalue weighted by molar-refractivity contribution is 5.61. The number of carbonyl (C=O) groups is 1. The molecule has 122 valence electrons.